The normalized spacial score (nSPS) is 17.5. The third-order valence-electron chi connectivity index (χ3n) is 2.22. The van der Waals surface area contributed by atoms with Crippen LogP contribution in [0.15, 0.2) is 0 Å². The summed E-state index contributed by atoms with van der Waals surface area (Å²) in [6, 6.07) is 0. The van der Waals surface area contributed by atoms with E-state index in [2.05, 4.69) is 4.72 Å². The van der Waals surface area contributed by atoms with Gasteiger partial charge in [0, 0.05) is 12.0 Å². The second-order valence-corrected chi connectivity index (χ2v) is 6.72. The fraction of sp³-hybridized carbons (Fsp3) is 0.889. The van der Waals surface area contributed by atoms with Crippen molar-refractivity contribution in [2.45, 2.75) is 50.3 Å². The van der Waals surface area contributed by atoms with Gasteiger partial charge in [-0.2, -0.15) is 0 Å². The average molecular weight is 234 g/mol. The monoisotopic (exact) mass is 234 g/mol. The maximum atomic E-state index is 11.4. The molecule has 1 amide bonds. The van der Waals surface area contributed by atoms with Crippen LogP contribution < -0.4 is 10.5 Å². The quantitative estimate of drug-likeness (QED) is 0.706. The molecule has 3 N–H and O–H groups in total. The molecule has 88 valence electrons. The van der Waals surface area contributed by atoms with Crippen LogP contribution in [0.3, 0.4) is 0 Å². The van der Waals surface area contributed by atoms with Crippen LogP contribution in [0.2, 0.25) is 0 Å². The number of amides is 1. The summed E-state index contributed by atoms with van der Waals surface area (Å²) in [5.74, 6) is -0.458. The molecule has 1 rings (SSSR count). The zero-order valence-corrected chi connectivity index (χ0v) is 9.93. The van der Waals surface area contributed by atoms with Gasteiger partial charge in [0.05, 0.1) is 5.25 Å². The van der Waals surface area contributed by atoms with Crippen LogP contribution in [0.1, 0.15) is 39.5 Å². The summed E-state index contributed by atoms with van der Waals surface area (Å²) in [6.45, 7) is 3.60. The lowest BCUT2D eigenvalue weighted by molar-refractivity contribution is -0.119. The minimum Gasteiger partial charge on any atom is -0.326 e. The number of nitrogens with one attached hydrogen (secondary N) is 1. The number of sulfonamides is 1. The maximum Gasteiger partial charge on any atom is 0.237 e. The zero-order chi connectivity index (χ0) is 11.7. The van der Waals surface area contributed by atoms with Crippen molar-refractivity contribution >= 4 is 15.9 Å². The van der Waals surface area contributed by atoms with E-state index in [1.807, 2.05) is 0 Å². The maximum absolute atomic E-state index is 11.4. The molecular formula is C9H18N2O3S. The second kappa shape index (κ2) is 4.09. The van der Waals surface area contributed by atoms with Crippen molar-refractivity contribution in [3.8, 4) is 0 Å². The third-order valence-corrected chi connectivity index (χ3v) is 4.08. The molecule has 1 saturated carbocycles. The summed E-state index contributed by atoms with van der Waals surface area (Å²) in [4.78, 5) is 11.3. The number of hydrogen-bond donors (Lipinski definition) is 2. The fourth-order valence-electron chi connectivity index (χ4n) is 1.11. The number of nitrogens with two attached hydrogens (primary N) is 1. The highest BCUT2D eigenvalue weighted by atomic mass is 32.2. The average Bonchev–Trinajstić information content (AvgIpc) is 2.80. The molecule has 5 nitrogen and oxygen atoms in total. The smallest absolute Gasteiger partial charge is 0.237 e. The first-order valence-corrected chi connectivity index (χ1v) is 6.59. The van der Waals surface area contributed by atoms with Gasteiger partial charge in [-0.3, -0.25) is 9.52 Å². The van der Waals surface area contributed by atoms with E-state index in [1.165, 1.54) is 0 Å². The highest BCUT2D eigenvalue weighted by Crippen LogP contribution is 2.27. The number of carbonyl (C=O) groups is 1. The molecule has 0 radical (unpaired) electrons. The van der Waals surface area contributed by atoms with Gasteiger partial charge < -0.3 is 5.73 Å². The zero-order valence-electron chi connectivity index (χ0n) is 9.12. The molecule has 15 heavy (non-hydrogen) atoms. The highest BCUT2D eigenvalue weighted by Gasteiger charge is 2.36. The summed E-state index contributed by atoms with van der Waals surface area (Å²) >= 11 is 0. The predicted octanol–water partition coefficient (Wildman–Crippen LogP) is 0.112. The Bertz CT molecular complexity index is 339. The van der Waals surface area contributed by atoms with E-state index in [4.69, 9.17) is 5.73 Å². The van der Waals surface area contributed by atoms with Gasteiger partial charge in [-0.25, -0.2) is 8.42 Å². The molecule has 0 heterocycles. The summed E-state index contributed by atoms with van der Waals surface area (Å²) in [7, 11) is -3.39. The minimum absolute atomic E-state index is 0.148. The molecule has 0 spiro atoms. The van der Waals surface area contributed by atoms with E-state index in [0.717, 1.165) is 0 Å². The van der Waals surface area contributed by atoms with Crippen molar-refractivity contribution in [1.29, 1.82) is 0 Å². The second-order valence-electron chi connectivity index (χ2n) is 4.76. The van der Waals surface area contributed by atoms with Crippen LogP contribution in [-0.2, 0) is 14.8 Å². The molecule has 1 aliphatic rings. The van der Waals surface area contributed by atoms with Crippen LogP contribution in [0.4, 0.5) is 0 Å². The van der Waals surface area contributed by atoms with Crippen LogP contribution >= 0.6 is 0 Å². The van der Waals surface area contributed by atoms with E-state index in [-0.39, 0.29) is 11.7 Å². The van der Waals surface area contributed by atoms with E-state index in [1.54, 1.807) is 13.8 Å². The molecule has 0 aromatic rings. The molecule has 0 bridgehead atoms. The van der Waals surface area contributed by atoms with Gasteiger partial charge in [-0.1, -0.05) is 0 Å². The van der Waals surface area contributed by atoms with Crippen molar-refractivity contribution < 1.29 is 13.2 Å². The molecule has 6 heteroatoms. The number of hydrogen-bond acceptors (Lipinski definition) is 4. The minimum atomic E-state index is -3.39. The van der Waals surface area contributed by atoms with Gasteiger partial charge >= 0.3 is 0 Å². The first-order valence-electron chi connectivity index (χ1n) is 5.04. The van der Waals surface area contributed by atoms with Gasteiger partial charge in [0.2, 0.25) is 15.9 Å². The molecule has 0 saturated heterocycles. The molecule has 0 unspecified atom stereocenters. The fourth-order valence-corrected chi connectivity index (χ4v) is 2.45. The Morgan fingerprint density at radius 2 is 2.00 bits per heavy atom. The third kappa shape index (κ3) is 4.61. The summed E-state index contributed by atoms with van der Waals surface area (Å²) in [6.07, 6.45) is 1.93. The topological polar surface area (TPSA) is 89.3 Å². The van der Waals surface area contributed by atoms with Crippen LogP contribution in [0.5, 0.6) is 0 Å². The van der Waals surface area contributed by atoms with E-state index in [9.17, 15) is 13.2 Å². The molecule has 0 aromatic carbocycles. The van der Waals surface area contributed by atoms with Crippen molar-refractivity contribution in [2.24, 2.45) is 5.73 Å². The molecular weight excluding hydrogens is 216 g/mol. The molecule has 0 aliphatic heterocycles. The Labute approximate surface area is 90.5 Å². The van der Waals surface area contributed by atoms with Gasteiger partial charge in [-0.15, -0.1) is 0 Å². The predicted molar refractivity (Wildman–Crippen MR) is 57.6 cm³/mol. The van der Waals surface area contributed by atoms with Gasteiger partial charge in [0.25, 0.3) is 0 Å². The number of carbonyl (C=O) groups excluding carboxylic acids is 1. The largest absolute Gasteiger partial charge is 0.326 e. The van der Waals surface area contributed by atoms with Crippen molar-refractivity contribution in [2.75, 3.05) is 0 Å². The molecule has 0 atom stereocenters. The van der Waals surface area contributed by atoms with Crippen molar-refractivity contribution in [3.05, 3.63) is 0 Å². The summed E-state index contributed by atoms with van der Waals surface area (Å²) in [5, 5.41) is -0.354. The molecule has 1 aliphatic carbocycles. The summed E-state index contributed by atoms with van der Waals surface area (Å²) < 4.78 is 24.8. The van der Waals surface area contributed by atoms with Crippen LogP contribution in [-0.4, -0.2) is 25.1 Å². The SMILES string of the molecule is CC(C)(N)CCC(=O)NS(=O)(=O)C1CC1. The Morgan fingerprint density at radius 3 is 2.40 bits per heavy atom. The first kappa shape index (κ1) is 12.4. The first-order chi connectivity index (χ1) is 6.71. The molecule has 1 fully saturated rings. The highest BCUT2D eigenvalue weighted by molar-refractivity contribution is 7.90. The van der Waals surface area contributed by atoms with Crippen molar-refractivity contribution in [3.63, 3.8) is 0 Å². The van der Waals surface area contributed by atoms with Crippen molar-refractivity contribution in [1.82, 2.24) is 4.72 Å². The lowest BCUT2D eigenvalue weighted by Crippen LogP contribution is -2.37. The van der Waals surface area contributed by atoms with Gasteiger partial charge in [0.1, 0.15) is 0 Å². The van der Waals surface area contributed by atoms with Crippen LogP contribution in [0, 0.1) is 0 Å². The molecule has 0 aromatic heterocycles. The van der Waals surface area contributed by atoms with Gasteiger partial charge in [-0.05, 0) is 33.1 Å². The Balaban J connectivity index is 2.36. The number of rotatable bonds is 5. The Morgan fingerprint density at radius 1 is 1.47 bits per heavy atom. The Hall–Kier alpha value is -0.620. The lowest BCUT2D eigenvalue weighted by atomic mass is 10.0. The van der Waals surface area contributed by atoms with E-state index < -0.39 is 21.5 Å². The van der Waals surface area contributed by atoms with Crippen LogP contribution in [0.25, 0.3) is 0 Å². The Kier molecular flexibility index (Phi) is 3.40. The standard InChI is InChI=1S/C9H18N2O3S/c1-9(2,10)6-5-8(12)11-15(13,14)7-3-4-7/h7H,3-6,10H2,1-2H3,(H,11,12). The van der Waals surface area contributed by atoms with Gasteiger partial charge in [0.15, 0.2) is 0 Å². The lowest BCUT2D eigenvalue weighted by Gasteiger charge is -2.17. The summed E-state index contributed by atoms with van der Waals surface area (Å²) in [5.41, 5.74) is 5.25. The van der Waals surface area contributed by atoms with E-state index >= 15 is 0 Å². The van der Waals surface area contributed by atoms with E-state index in [0.29, 0.717) is 19.3 Å².